The lowest BCUT2D eigenvalue weighted by Crippen LogP contribution is -2.28. The molecule has 1 atom stereocenters. The Morgan fingerprint density at radius 1 is 1.73 bits per heavy atom. The van der Waals surface area contributed by atoms with Crippen LogP contribution in [0.4, 0.5) is 0 Å². The van der Waals surface area contributed by atoms with Crippen molar-refractivity contribution in [2.75, 3.05) is 0 Å². The molecule has 0 aromatic carbocycles. The summed E-state index contributed by atoms with van der Waals surface area (Å²) >= 11 is 5.59. The second-order valence-electron chi connectivity index (χ2n) is 2.31. The number of esters is 1. The molecule has 1 unspecified atom stereocenters. The minimum Gasteiger partial charge on any atom is -0.449 e. The fraction of sp³-hybridized carbons (Fsp3) is 0.375. The molecule has 0 aromatic heterocycles. The molecule has 11 heavy (non-hydrogen) atoms. The van der Waals surface area contributed by atoms with Crippen molar-refractivity contribution < 1.29 is 9.53 Å². The number of halogens is 1. The molecule has 0 amide bonds. The van der Waals surface area contributed by atoms with Gasteiger partial charge in [-0.3, -0.25) is 4.79 Å². The Hall–Kier alpha value is -0.760. The summed E-state index contributed by atoms with van der Waals surface area (Å²) in [6, 6.07) is 0. The largest absolute Gasteiger partial charge is 0.449 e. The van der Waals surface area contributed by atoms with E-state index in [2.05, 4.69) is 13.2 Å². The SMILES string of the molecule is C=CC(C)(OC(C)=O)C(=C)Cl. The van der Waals surface area contributed by atoms with Gasteiger partial charge in [-0.1, -0.05) is 24.8 Å². The predicted octanol–water partition coefficient (Wildman–Crippen LogP) is 2.25. The Labute approximate surface area is 71.5 Å². The van der Waals surface area contributed by atoms with Gasteiger partial charge in [-0.2, -0.15) is 0 Å². The second-order valence-corrected chi connectivity index (χ2v) is 2.77. The summed E-state index contributed by atoms with van der Waals surface area (Å²) in [6.45, 7) is 9.88. The standard InChI is InChI=1S/C8H11ClO2/c1-5-8(4,6(2)9)11-7(3)10/h5H,1-2H2,3-4H3. The minimum absolute atomic E-state index is 0.239. The zero-order valence-electron chi connectivity index (χ0n) is 6.69. The summed E-state index contributed by atoms with van der Waals surface area (Å²) in [5, 5.41) is 0.239. The van der Waals surface area contributed by atoms with Crippen molar-refractivity contribution in [2.45, 2.75) is 19.4 Å². The van der Waals surface area contributed by atoms with Gasteiger partial charge in [-0.05, 0) is 13.0 Å². The lowest BCUT2D eigenvalue weighted by atomic mass is 10.1. The molecule has 0 aliphatic carbocycles. The van der Waals surface area contributed by atoms with Gasteiger partial charge in [-0.15, -0.1) is 0 Å². The average molecular weight is 175 g/mol. The molecule has 0 aromatic rings. The van der Waals surface area contributed by atoms with E-state index < -0.39 is 11.6 Å². The maximum Gasteiger partial charge on any atom is 0.303 e. The average Bonchev–Trinajstić information content (AvgIpc) is 1.86. The normalized spacial score (nSPS) is 14.8. The number of carbonyl (C=O) groups is 1. The van der Waals surface area contributed by atoms with Crippen LogP contribution in [0.1, 0.15) is 13.8 Å². The van der Waals surface area contributed by atoms with E-state index in [0.717, 1.165) is 0 Å². The van der Waals surface area contributed by atoms with E-state index in [1.54, 1.807) is 6.92 Å². The van der Waals surface area contributed by atoms with Gasteiger partial charge >= 0.3 is 5.97 Å². The summed E-state index contributed by atoms with van der Waals surface area (Å²) in [4.78, 5) is 10.6. The highest BCUT2D eigenvalue weighted by atomic mass is 35.5. The van der Waals surface area contributed by atoms with E-state index in [0.29, 0.717) is 0 Å². The van der Waals surface area contributed by atoms with Crippen LogP contribution in [-0.2, 0) is 9.53 Å². The maximum atomic E-state index is 10.6. The molecule has 0 saturated heterocycles. The molecule has 62 valence electrons. The monoisotopic (exact) mass is 174 g/mol. The van der Waals surface area contributed by atoms with Crippen molar-refractivity contribution in [1.82, 2.24) is 0 Å². The molecule has 0 aliphatic heterocycles. The highest BCUT2D eigenvalue weighted by Gasteiger charge is 2.25. The van der Waals surface area contributed by atoms with Crippen LogP contribution in [0.15, 0.2) is 24.3 Å². The Balaban J connectivity index is 4.47. The van der Waals surface area contributed by atoms with Gasteiger partial charge in [0.2, 0.25) is 0 Å². The van der Waals surface area contributed by atoms with Gasteiger partial charge in [0.25, 0.3) is 0 Å². The summed E-state index contributed by atoms with van der Waals surface area (Å²) in [6.07, 6.45) is 1.43. The summed E-state index contributed by atoms with van der Waals surface area (Å²) < 4.78 is 4.86. The molecule has 3 heteroatoms. The van der Waals surface area contributed by atoms with E-state index in [-0.39, 0.29) is 5.03 Å². The van der Waals surface area contributed by atoms with E-state index in [4.69, 9.17) is 16.3 Å². The van der Waals surface area contributed by atoms with Crippen LogP contribution in [0.3, 0.4) is 0 Å². The second kappa shape index (κ2) is 3.58. The maximum absolute atomic E-state index is 10.6. The number of rotatable bonds is 3. The van der Waals surface area contributed by atoms with Crippen molar-refractivity contribution in [3.63, 3.8) is 0 Å². The zero-order chi connectivity index (χ0) is 9.07. The van der Waals surface area contributed by atoms with Gasteiger partial charge in [0, 0.05) is 6.92 Å². The van der Waals surface area contributed by atoms with Crippen LogP contribution >= 0.6 is 11.6 Å². The molecule has 2 nitrogen and oxygen atoms in total. The quantitative estimate of drug-likeness (QED) is 0.485. The van der Waals surface area contributed by atoms with E-state index in [1.807, 2.05) is 0 Å². The molecular weight excluding hydrogens is 164 g/mol. The number of hydrogen-bond acceptors (Lipinski definition) is 2. The van der Waals surface area contributed by atoms with Gasteiger partial charge < -0.3 is 4.74 Å². The molecular formula is C8H11ClO2. The Bertz CT molecular complexity index is 198. The van der Waals surface area contributed by atoms with Crippen LogP contribution in [-0.4, -0.2) is 11.6 Å². The van der Waals surface area contributed by atoms with Crippen molar-refractivity contribution in [1.29, 1.82) is 0 Å². The zero-order valence-corrected chi connectivity index (χ0v) is 7.44. The van der Waals surface area contributed by atoms with E-state index in [9.17, 15) is 4.79 Å². The van der Waals surface area contributed by atoms with Gasteiger partial charge in [0.1, 0.15) is 0 Å². The first-order chi connectivity index (χ1) is 4.92. The highest BCUT2D eigenvalue weighted by molar-refractivity contribution is 6.30. The van der Waals surface area contributed by atoms with Crippen LogP contribution in [0.25, 0.3) is 0 Å². The first-order valence-corrected chi connectivity index (χ1v) is 3.48. The van der Waals surface area contributed by atoms with Crippen molar-refractivity contribution >= 4 is 17.6 Å². The molecule has 0 radical (unpaired) electrons. The Morgan fingerprint density at radius 3 is 2.27 bits per heavy atom. The van der Waals surface area contributed by atoms with E-state index in [1.165, 1.54) is 13.0 Å². The predicted molar refractivity (Wildman–Crippen MR) is 45.4 cm³/mol. The van der Waals surface area contributed by atoms with Crippen molar-refractivity contribution in [3.05, 3.63) is 24.3 Å². The third kappa shape index (κ3) is 2.76. The summed E-state index contributed by atoms with van der Waals surface area (Å²) in [5.41, 5.74) is -0.951. The number of ether oxygens (including phenoxy) is 1. The minimum atomic E-state index is -0.951. The fourth-order valence-corrected chi connectivity index (χ4v) is 0.622. The lowest BCUT2D eigenvalue weighted by Gasteiger charge is -2.23. The molecule has 0 aliphatic rings. The van der Waals surface area contributed by atoms with Crippen LogP contribution in [0.2, 0.25) is 0 Å². The molecule has 0 rings (SSSR count). The van der Waals surface area contributed by atoms with Gasteiger partial charge in [0.05, 0.1) is 5.03 Å². The third-order valence-corrected chi connectivity index (χ3v) is 1.66. The molecule has 0 saturated carbocycles. The van der Waals surface area contributed by atoms with Crippen molar-refractivity contribution in [2.24, 2.45) is 0 Å². The summed E-state index contributed by atoms with van der Waals surface area (Å²) in [7, 11) is 0. The van der Waals surface area contributed by atoms with Gasteiger partial charge in [-0.25, -0.2) is 0 Å². The Morgan fingerprint density at radius 2 is 2.18 bits per heavy atom. The van der Waals surface area contributed by atoms with Crippen molar-refractivity contribution in [3.8, 4) is 0 Å². The third-order valence-electron chi connectivity index (χ3n) is 1.28. The topological polar surface area (TPSA) is 26.3 Å². The molecule has 0 spiro atoms. The first-order valence-electron chi connectivity index (χ1n) is 3.10. The Kier molecular flexibility index (Phi) is 3.33. The smallest absolute Gasteiger partial charge is 0.303 e. The molecule has 0 bridgehead atoms. The molecule has 0 fully saturated rings. The lowest BCUT2D eigenvalue weighted by molar-refractivity contribution is -0.147. The van der Waals surface area contributed by atoms with E-state index >= 15 is 0 Å². The van der Waals surface area contributed by atoms with Crippen LogP contribution in [0, 0.1) is 0 Å². The first kappa shape index (κ1) is 10.2. The van der Waals surface area contributed by atoms with Crippen LogP contribution < -0.4 is 0 Å². The fourth-order valence-electron chi connectivity index (χ4n) is 0.506. The van der Waals surface area contributed by atoms with Crippen LogP contribution in [0.5, 0.6) is 0 Å². The highest BCUT2D eigenvalue weighted by Crippen LogP contribution is 2.24. The molecule has 0 heterocycles. The van der Waals surface area contributed by atoms with Gasteiger partial charge in [0.15, 0.2) is 5.60 Å². The number of carbonyl (C=O) groups excluding carboxylic acids is 1. The number of hydrogen-bond donors (Lipinski definition) is 0. The molecule has 0 N–H and O–H groups in total. The summed E-state index contributed by atoms with van der Waals surface area (Å²) in [5.74, 6) is -0.408.